The summed E-state index contributed by atoms with van der Waals surface area (Å²) in [5.41, 5.74) is 1.28. The van der Waals surface area contributed by atoms with E-state index in [4.69, 9.17) is 4.74 Å². The average Bonchev–Trinajstić information content (AvgIpc) is 2.41. The van der Waals surface area contributed by atoms with Crippen molar-refractivity contribution >= 4 is 0 Å². The fourth-order valence-electron chi connectivity index (χ4n) is 2.15. The standard InChI is InChI=1S/C16H26O3/c1-13-6-5-7-14(10-13)16(11-17,12-18)9-8-15(2,3)19-4/h5-7,10,17-18H,8-9,11-12H2,1-4H3. The molecule has 2 N–H and O–H groups in total. The molecule has 0 aromatic heterocycles. The lowest BCUT2D eigenvalue weighted by Crippen LogP contribution is -2.37. The summed E-state index contributed by atoms with van der Waals surface area (Å²) < 4.78 is 5.42. The van der Waals surface area contributed by atoms with Crippen LogP contribution in [0, 0.1) is 6.92 Å². The summed E-state index contributed by atoms with van der Waals surface area (Å²) in [6.45, 7) is 5.92. The first-order valence-corrected chi connectivity index (χ1v) is 6.73. The summed E-state index contributed by atoms with van der Waals surface area (Å²) in [6.07, 6.45) is 1.46. The lowest BCUT2D eigenvalue weighted by molar-refractivity contribution is 0.000223. The van der Waals surface area contributed by atoms with Crippen LogP contribution in [-0.2, 0) is 10.2 Å². The highest BCUT2D eigenvalue weighted by atomic mass is 16.5. The zero-order chi connectivity index (χ0) is 14.5. The number of benzene rings is 1. The molecule has 0 amide bonds. The van der Waals surface area contributed by atoms with Crippen molar-refractivity contribution < 1.29 is 14.9 Å². The van der Waals surface area contributed by atoms with Gasteiger partial charge in [-0.05, 0) is 39.2 Å². The molecule has 3 heteroatoms. The Bertz CT molecular complexity index is 395. The minimum Gasteiger partial charge on any atom is -0.395 e. The zero-order valence-corrected chi connectivity index (χ0v) is 12.4. The first-order valence-electron chi connectivity index (χ1n) is 6.73. The summed E-state index contributed by atoms with van der Waals surface area (Å²) in [7, 11) is 1.69. The Labute approximate surface area is 116 Å². The third-order valence-electron chi connectivity index (χ3n) is 3.99. The van der Waals surface area contributed by atoms with Gasteiger partial charge in [0.05, 0.1) is 18.8 Å². The van der Waals surface area contributed by atoms with Gasteiger partial charge in [-0.3, -0.25) is 0 Å². The number of aryl methyl sites for hydroxylation is 1. The van der Waals surface area contributed by atoms with E-state index in [9.17, 15) is 10.2 Å². The van der Waals surface area contributed by atoms with E-state index < -0.39 is 5.41 Å². The molecule has 1 aromatic rings. The van der Waals surface area contributed by atoms with Gasteiger partial charge in [0.15, 0.2) is 0 Å². The smallest absolute Gasteiger partial charge is 0.0623 e. The molecule has 108 valence electrons. The van der Waals surface area contributed by atoms with Crippen LogP contribution in [0.4, 0.5) is 0 Å². The number of rotatable bonds is 7. The Hall–Kier alpha value is -0.900. The predicted molar refractivity (Wildman–Crippen MR) is 77.4 cm³/mol. The molecule has 3 nitrogen and oxygen atoms in total. The molecule has 0 saturated carbocycles. The Morgan fingerprint density at radius 3 is 2.21 bits per heavy atom. The zero-order valence-electron chi connectivity index (χ0n) is 12.4. The molecular formula is C16H26O3. The van der Waals surface area contributed by atoms with Crippen molar-refractivity contribution in [1.82, 2.24) is 0 Å². The molecule has 0 unspecified atom stereocenters. The molecule has 1 aromatic carbocycles. The number of aliphatic hydroxyl groups excluding tert-OH is 2. The Morgan fingerprint density at radius 1 is 1.11 bits per heavy atom. The molecule has 19 heavy (non-hydrogen) atoms. The largest absolute Gasteiger partial charge is 0.395 e. The van der Waals surface area contributed by atoms with Crippen LogP contribution < -0.4 is 0 Å². The fraction of sp³-hybridized carbons (Fsp3) is 0.625. The van der Waals surface area contributed by atoms with Crippen LogP contribution in [0.25, 0.3) is 0 Å². The van der Waals surface area contributed by atoms with Gasteiger partial charge in [-0.25, -0.2) is 0 Å². The summed E-state index contributed by atoms with van der Waals surface area (Å²) in [5.74, 6) is 0. The third-order valence-corrected chi connectivity index (χ3v) is 3.99. The van der Waals surface area contributed by atoms with E-state index in [2.05, 4.69) is 0 Å². The lowest BCUT2D eigenvalue weighted by Gasteiger charge is -2.34. The molecule has 0 atom stereocenters. The van der Waals surface area contributed by atoms with Crippen molar-refractivity contribution in [1.29, 1.82) is 0 Å². The highest BCUT2D eigenvalue weighted by Gasteiger charge is 2.33. The first-order chi connectivity index (χ1) is 8.89. The maximum absolute atomic E-state index is 9.79. The molecule has 0 spiro atoms. The van der Waals surface area contributed by atoms with Gasteiger partial charge >= 0.3 is 0 Å². The minimum absolute atomic E-state index is 0.0628. The van der Waals surface area contributed by atoms with Crippen LogP contribution in [0.15, 0.2) is 24.3 Å². The third kappa shape index (κ3) is 4.03. The van der Waals surface area contributed by atoms with E-state index in [0.717, 1.165) is 17.5 Å². The van der Waals surface area contributed by atoms with E-state index in [-0.39, 0.29) is 18.8 Å². The molecule has 0 saturated heterocycles. The van der Waals surface area contributed by atoms with Crippen LogP contribution >= 0.6 is 0 Å². The van der Waals surface area contributed by atoms with Crippen molar-refractivity contribution in [2.75, 3.05) is 20.3 Å². The van der Waals surface area contributed by atoms with Gasteiger partial charge in [0.2, 0.25) is 0 Å². The quantitative estimate of drug-likeness (QED) is 0.797. The fourth-order valence-corrected chi connectivity index (χ4v) is 2.15. The molecule has 0 aliphatic rings. The second-order valence-electron chi connectivity index (χ2n) is 5.93. The van der Waals surface area contributed by atoms with Gasteiger partial charge < -0.3 is 14.9 Å². The molecule has 0 fully saturated rings. The van der Waals surface area contributed by atoms with Crippen molar-refractivity contribution in [2.24, 2.45) is 0 Å². The minimum atomic E-state index is -0.595. The topological polar surface area (TPSA) is 49.7 Å². The lowest BCUT2D eigenvalue weighted by atomic mass is 9.75. The van der Waals surface area contributed by atoms with Gasteiger partial charge in [-0.2, -0.15) is 0 Å². The SMILES string of the molecule is COC(C)(C)CCC(CO)(CO)c1cccc(C)c1. The number of hydrogen-bond donors (Lipinski definition) is 2. The van der Waals surface area contributed by atoms with Crippen molar-refractivity contribution in [3.63, 3.8) is 0 Å². The first kappa shape index (κ1) is 16.2. The number of hydrogen-bond acceptors (Lipinski definition) is 3. The van der Waals surface area contributed by atoms with Crippen LogP contribution in [-0.4, -0.2) is 36.1 Å². The van der Waals surface area contributed by atoms with Crippen LogP contribution in [0.5, 0.6) is 0 Å². The summed E-state index contributed by atoms with van der Waals surface area (Å²) in [5, 5.41) is 19.6. The number of aliphatic hydroxyl groups is 2. The monoisotopic (exact) mass is 266 g/mol. The average molecular weight is 266 g/mol. The van der Waals surface area contributed by atoms with Crippen molar-refractivity contribution in [3.8, 4) is 0 Å². The van der Waals surface area contributed by atoms with Gasteiger partial charge in [-0.1, -0.05) is 29.8 Å². The molecular weight excluding hydrogens is 240 g/mol. The molecule has 0 aliphatic heterocycles. The molecule has 0 bridgehead atoms. The number of ether oxygens (including phenoxy) is 1. The Kier molecular flexibility index (Phi) is 5.53. The molecule has 0 aliphatic carbocycles. The molecule has 0 heterocycles. The highest BCUT2D eigenvalue weighted by Crippen LogP contribution is 2.32. The maximum Gasteiger partial charge on any atom is 0.0623 e. The second kappa shape index (κ2) is 6.51. The second-order valence-corrected chi connectivity index (χ2v) is 5.93. The van der Waals surface area contributed by atoms with E-state index in [1.54, 1.807) is 7.11 Å². The van der Waals surface area contributed by atoms with Crippen LogP contribution in [0.3, 0.4) is 0 Å². The van der Waals surface area contributed by atoms with Gasteiger partial charge in [0, 0.05) is 12.5 Å². The summed E-state index contributed by atoms with van der Waals surface area (Å²) in [6, 6.07) is 7.99. The van der Waals surface area contributed by atoms with Crippen molar-refractivity contribution in [3.05, 3.63) is 35.4 Å². The van der Waals surface area contributed by atoms with Gasteiger partial charge in [0.1, 0.15) is 0 Å². The van der Waals surface area contributed by atoms with Gasteiger partial charge in [0.25, 0.3) is 0 Å². The van der Waals surface area contributed by atoms with Gasteiger partial charge in [-0.15, -0.1) is 0 Å². The molecule has 1 rings (SSSR count). The van der Waals surface area contributed by atoms with E-state index in [0.29, 0.717) is 6.42 Å². The Morgan fingerprint density at radius 2 is 1.74 bits per heavy atom. The Balaban J connectivity index is 2.97. The highest BCUT2D eigenvalue weighted by molar-refractivity contribution is 5.30. The predicted octanol–water partition coefficient (Wildman–Crippen LogP) is 2.42. The van der Waals surface area contributed by atoms with E-state index >= 15 is 0 Å². The summed E-state index contributed by atoms with van der Waals surface area (Å²) in [4.78, 5) is 0. The molecule has 0 radical (unpaired) electrons. The number of methoxy groups -OCH3 is 1. The van der Waals surface area contributed by atoms with E-state index in [1.165, 1.54) is 0 Å². The van der Waals surface area contributed by atoms with Crippen LogP contribution in [0.1, 0.15) is 37.8 Å². The van der Waals surface area contributed by atoms with Crippen molar-refractivity contribution in [2.45, 2.75) is 44.6 Å². The maximum atomic E-state index is 9.79. The van der Waals surface area contributed by atoms with E-state index in [1.807, 2.05) is 45.0 Å². The summed E-state index contributed by atoms with van der Waals surface area (Å²) >= 11 is 0. The normalized spacial score (nSPS) is 12.7. The van der Waals surface area contributed by atoms with Crippen LogP contribution in [0.2, 0.25) is 0 Å².